The van der Waals surface area contributed by atoms with E-state index in [1.165, 1.54) is 6.07 Å². The molecule has 1 nitrogen and oxygen atoms in total. The van der Waals surface area contributed by atoms with Gasteiger partial charge in [0, 0.05) is 0 Å². The summed E-state index contributed by atoms with van der Waals surface area (Å²) in [4.78, 5) is 0. The highest BCUT2D eigenvalue weighted by molar-refractivity contribution is 5.97. The molecule has 134 valence electrons. The van der Waals surface area contributed by atoms with Gasteiger partial charge in [0.15, 0.2) is 11.6 Å². The fourth-order valence-corrected chi connectivity index (χ4v) is 2.88. The lowest BCUT2D eigenvalue weighted by Gasteiger charge is -2.12. The van der Waals surface area contributed by atoms with Crippen LogP contribution in [0.2, 0.25) is 0 Å². The Balaban J connectivity index is 2.00. The standard InChI is InChI=1S/C21H16F4O/c1-2-3-5-14-8-10-18-15(12-14)6-4-7-17(18)16-9-11-20(19(22)13-16)26-21(23,24)25/h2,4,6-13H,1,3,5H2. The summed E-state index contributed by atoms with van der Waals surface area (Å²) in [5, 5.41) is 1.89. The zero-order valence-corrected chi connectivity index (χ0v) is 13.8. The Bertz CT molecular complexity index is 944. The molecule has 26 heavy (non-hydrogen) atoms. The second kappa shape index (κ2) is 7.20. The average molecular weight is 360 g/mol. The van der Waals surface area contributed by atoms with Gasteiger partial charge in [0.2, 0.25) is 0 Å². The Morgan fingerprint density at radius 3 is 2.50 bits per heavy atom. The minimum absolute atomic E-state index is 0.487. The van der Waals surface area contributed by atoms with Gasteiger partial charge in [0.05, 0.1) is 0 Å². The summed E-state index contributed by atoms with van der Waals surface area (Å²) in [5.74, 6) is -1.90. The van der Waals surface area contributed by atoms with Gasteiger partial charge >= 0.3 is 6.36 Å². The van der Waals surface area contributed by atoms with Crippen LogP contribution in [-0.2, 0) is 6.42 Å². The molecule has 0 heterocycles. The van der Waals surface area contributed by atoms with Gasteiger partial charge in [0.25, 0.3) is 0 Å². The zero-order chi connectivity index (χ0) is 18.7. The molecule has 0 aliphatic rings. The van der Waals surface area contributed by atoms with Crippen LogP contribution in [0.15, 0.2) is 67.3 Å². The van der Waals surface area contributed by atoms with Gasteiger partial charge in [-0.15, -0.1) is 19.8 Å². The fourth-order valence-electron chi connectivity index (χ4n) is 2.88. The van der Waals surface area contributed by atoms with Crippen molar-refractivity contribution in [1.82, 2.24) is 0 Å². The third kappa shape index (κ3) is 4.04. The highest BCUT2D eigenvalue weighted by Gasteiger charge is 2.32. The van der Waals surface area contributed by atoms with Gasteiger partial charge in [-0.25, -0.2) is 4.39 Å². The smallest absolute Gasteiger partial charge is 0.403 e. The van der Waals surface area contributed by atoms with E-state index in [4.69, 9.17) is 0 Å². The monoisotopic (exact) mass is 360 g/mol. The highest BCUT2D eigenvalue weighted by atomic mass is 19.4. The second-order valence-electron chi connectivity index (χ2n) is 5.88. The number of ether oxygens (including phenoxy) is 1. The van der Waals surface area contributed by atoms with E-state index in [2.05, 4.69) is 17.4 Å². The van der Waals surface area contributed by atoms with E-state index in [9.17, 15) is 17.6 Å². The van der Waals surface area contributed by atoms with Crippen LogP contribution in [0.3, 0.4) is 0 Å². The molecular formula is C21H16F4O. The Labute approximate surface area is 148 Å². The van der Waals surface area contributed by atoms with E-state index in [0.717, 1.165) is 46.9 Å². The van der Waals surface area contributed by atoms with E-state index in [-0.39, 0.29) is 0 Å². The third-order valence-electron chi connectivity index (χ3n) is 4.05. The molecule has 0 fully saturated rings. The summed E-state index contributed by atoms with van der Waals surface area (Å²) in [6.45, 7) is 3.71. The molecule has 0 atom stereocenters. The van der Waals surface area contributed by atoms with Gasteiger partial charge in [0.1, 0.15) is 0 Å². The number of benzene rings is 3. The summed E-state index contributed by atoms with van der Waals surface area (Å²) < 4.78 is 54.6. The highest BCUT2D eigenvalue weighted by Crippen LogP contribution is 2.33. The van der Waals surface area contributed by atoms with E-state index in [1.807, 2.05) is 36.4 Å². The second-order valence-corrected chi connectivity index (χ2v) is 5.88. The first kappa shape index (κ1) is 18.0. The van der Waals surface area contributed by atoms with Crippen LogP contribution in [0, 0.1) is 5.82 Å². The molecule has 0 aliphatic carbocycles. The van der Waals surface area contributed by atoms with E-state index >= 15 is 0 Å². The Hall–Kier alpha value is -2.82. The molecular weight excluding hydrogens is 344 g/mol. The van der Waals surface area contributed by atoms with Crippen LogP contribution in [0.25, 0.3) is 21.9 Å². The normalized spacial score (nSPS) is 11.5. The summed E-state index contributed by atoms with van der Waals surface area (Å²) in [6, 6.07) is 15.1. The lowest BCUT2D eigenvalue weighted by Crippen LogP contribution is -2.17. The minimum Gasteiger partial charge on any atom is -0.403 e. The van der Waals surface area contributed by atoms with E-state index in [0.29, 0.717) is 5.56 Å². The predicted molar refractivity (Wildman–Crippen MR) is 94.5 cm³/mol. The number of aryl methyl sites for hydroxylation is 1. The number of halogens is 4. The van der Waals surface area contributed by atoms with Crippen LogP contribution in [0.4, 0.5) is 17.6 Å². The van der Waals surface area contributed by atoms with Crippen molar-refractivity contribution in [2.45, 2.75) is 19.2 Å². The van der Waals surface area contributed by atoms with Crippen molar-refractivity contribution in [1.29, 1.82) is 0 Å². The van der Waals surface area contributed by atoms with Crippen molar-refractivity contribution in [3.8, 4) is 16.9 Å². The Kier molecular flexibility index (Phi) is 4.98. The molecule has 0 unspecified atom stereocenters. The third-order valence-corrected chi connectivity index (χ3v) is 4.05. The molecule has 3 aromatic carbocycles. The van der Waals surface area contributed by atoms with Gasteiger partial charge in [-0.05, 0) is 52.4 Å². The van der Waals surface area contributed by atoms with Crippen molar-refractivity contribution in [3.63, 3.8) is 0 Å². The molecule has 0 N–H and O–H groups in total. The topological polar surface area (TPSA) is 9.23 Å². The maximum Gasteiger partial charge on any atom is 0.573 e. The maximum absolute atomic E-state index is 14.0. The van der Waals surface area contributed by atoms with Crippen molar-refractivity contribution in [3.05, 3.63) is 78.6 Å². The number of hydrogen-bond donors (Lipinski definition) is 0. The quantitative estimate of drug-likeness (QED) is 0.365. The van der Waals surface area contributed by atoms with Crippen LogP contribution >= 0.6 is 0 Å². The molecule has 0 saturated heterocycles. The van der Waals surface area contributed by atoms with Crippen molar-refractivity contribution in [2.75, 3.05) is 0 Å². The summed E-state index contributed by atoms with van der Waals surface area (Å²) >= 11 is 0. The lowest BCUT2D eigenvalue weighted by molar-refractivity contribution is -0.275. The van der Waals surface area contributed by atoms with E-state index in [1.54, 1.807) is 0 Å². The fraction of sp³-hybridized carbons (Fsp3) is 0.143. The van der Waals surface area contributed by atoms with Gasteiger partial charge in [-0.2, -0.15) is 0 Å². The van der Waals surface area contributed by atoms with Crippen LogP contribution in [0.5, 0.6) is 5.75 Å². The Morgan fingerprint density at radius 1 is 1.00 bits per heavy atom. The number of hydrogen-bond acceptors (Lipinski definition) is 1. The number of alkyl halides is 3. The van der Waals surface area contributed by atoms with Crippen molar-refractivity contribution >= 4 is 10.8 Å². The molecule has 3 aromatic rings. The van der Waals surface area contributed by atoms with Gasteiger partial charge in [-0.3, -0.25) is 0 Å². The van der Waals surface area contributed by atoms with E-state index < -0.39 is 17.9 Å². The molecule has 3 rings (SSSR count). The molecule has 5 heteroatoms. The van der Waals surface area contributed by atoms with Crippen LogP contribution < -0.4 is 4.74 Å². The molecule has 0 amide bonds. The average Bonchev–Trinajstić information content (AvgIpc) is 2.60. The van der Waals surface area contributed by atoms with Crippen LogP contribution in [0.1, 0.15) is 12.0 Å². The van der Waals surface area contributed by atoms with Gasteiger partial charge in [-0.1, -0.05) is 48.5 Å². The summed E-state index contributed by atoms with van der Waals surface area (Å²) in [7, 11) is 0. The minimum atomic E-state index is -4.93. The first-order valence-corrected chi connectivity index (χ1v) is 8.05. The zero-order valence-electron chi connectivity index (χ0n) is 13.8. The van der Waals surface area contributed by atoms with Crippen molar-refractivity contribution < 1.29 is 22.3 Å². The molecule has 0 saturated carbocycles. The van der Waals surface area contributed by atoms with Gasteiger partial charge < -0.3 is 4.74 Å². The first-order valence-electron chi connectivity index (χ1n) is 8.05. The molecule has 0 radical (unpaired) electrons. The summed E-state index contributed by atoms with van der Waals surface area (Å²) in [6.07, 6.45) is -1.32. The van der Waals surface area contributed by atoms with Crippen LogP contribution in [-0.4, -0.2) is 6.36 Å². The van der Waals surface area contributed by atoms with Crippen molar-refractivity contribution in [2.24, 2.45) is 0 Å². The summed E-state index contributed by atoms with van der Waals surface area (Å²) in [5.41, 5.74) is 2.39. The Morgan fingerprint density at radius 2 is 1.81 bits per heavy atom. The first-order chi connectivity index (χ1) is 12.4. The largest absolute Gasteiger partial charge is 0.573 e. The predicted octanol–water partition coefficient (Wildman–Crippen LogP) is 6.66. The maximum atomic E-state index is 14.0. The molecule has 0 aliphatic heterocycles. The number of fused-ring (bicyclic) bond motifs is 1. The molecule has 0 aromatic heterocycles. The number of allylic oxidation sites excluding steroid dienone is 1. The molecule has 0 bridgehead atoms. The molecule has 0 spiro atoms. The SMILES string of the molecule is C=CCCc1ccc2c(-c3ccc(OC(F)(F)F)c(F)c3)cccc2c1. The number of rotatable bonds is 5. The lowest BCUT2D eigenvalue weighted by atomic mass is 9.96.